The molecule has 0 aromatic heterocycles. The van der Waals surface area contributed by atoms with E-state index < -0.39 is 12.1 Å². The number of piperazine rings is 1. The van der Waals surface area contributed by atoms with Crippen molar-refractivity contribution in [3.8, 4) is 0 Å². The van der Waals surface area contributed by atoms with Gasteiger partial charge in [-0.25, -0.2) is 0 Å². The first kappa shape index (κ1) is 38.3. The second-order valence-corrected chi connectivity index (χ2v) is 13.6. The molecule has 2 amide bonds. The lowest BCUT2D eigenvalue weighted by Gasteiger charge is -2.42. The number of amides is 2. The van der Waals surface area contributed by atoms with E-state index in [-0.39, 0.29) is 30.7 Å². The van der Waals surface area contributed by atoms with Crippen LogP contribution in [0, 0.1) is 12.8 Å². The smallest absolute Gasteiger partial charge is 0.224 e. The molecule has 0 radical (unpaired) electrons. The standard InChI is InChI=1S/C30H42Cl3N5O2.C4H10/c1-3-11-36-12-5-4-6-22-19-37(29(39)17-27(34)23-9-7-20(2)15-25(23)32)13-14-38(22)30(40)18-28(35)24-10-8-21(31)16-26(24)33;1-4(2)3/h7-10,15-16,22,27-28,36H,3-6,11-14,17-19,34-35H2,1-2H3;4H,1-3H3/t22-,27+,28+;/m0./s1. The number of carbonyl (C=O) groups is 2. The van der Waals surface area contributed by atoms with Gasteiger partial charge in [-0.2, -0.15) is 0 Å². The lowest BCUT2D eigenvalue weighted by molar-refractivity contribution is -0.143. The molecule has 1 fully saturated rings. The molecular formula is C34H52Cl3N5O2. The summed E-state index contributed by atoms with van der Waals surface area (Å²) in [6.45, 7) is 13.9. The molecule has 1 heterocycles. The predicted octanol–water partition coefficient (Wildman–Crippen LogP) is 7.31. The molecule has 44 heavy (non-hydrogen) atoms. The Morgan fingerprint density at radius 1 is 0.886 bits per heavy atom. The number of unbranched alkanes of at least 4 members (excludes halogenated alkanes) is 1. The summed E-state index contributed by atoms with van der Waals surface area (Å²) in [6.07, 6.45) is 4.13. The molecule has 2 aromatic rings. The number of nitrogens with one attached hydrogen (secondary N) is 1. The first-order valence-electron chi connectivity index (χ1n) is 15.8. The molecular weight excluding hydrogens is 617 g/mol. The largest absolute Gasteiger partial charge is 0.339 e. The molecule has 1 aliphatic heterocycles. The van der Waals surface area contributed by atoms with E-state index >= 15 is 0 Å². The highest BCUT2D eigenvalue weighted by Gasteiger charge is 2.33. The molecule has 3 atom stereocenters. The van der Waals surface area contributed by atoms with Crippen molar-refractivity contribution in [1.29, 1.82) is 0 Å². The Hall–Kier alpha value is -1.87. The van der Waals surface area contributed by atoms with E-state index in [0.29, 0.717) is 40.3 Å². The summed E-state index contributed by atoms with van der Waals surface area (Å²) in [4.78, 5) is 30.5. The van der Waals surface area contributed by atoms with Crippen LogP contribution in [-0.2, 0) is 9.59 Å². The summed E-state index contributed by atoms with van der Waals surface area (Å²) in [5.74, 6) is 0.762. The Bertz CT molecular complexity index is 1190. The highest BCUT2D eigenvalue weighted by atomic mass is 35.5. The van der Waals surface area contributed by atoms with Crippen LogP contribution in [0.15, 0.2) is 36.4 Å². The quantitative estimate of drug-likeness (QED) is 0.194. The third kappa shape index (κ3) is 12.9. The number of nitrogens with zero attached hydrogens (tertiary/aromatic N) is 2. The van der Waals surface area contributed by atoms with Gasteiger partial charge in [0, 0.05) is 65.7 Å². The molecule has 0 saturated carbocycles. The summed E-state index contributed by atoms with van der Waals surface area (Å²) in [5, 5.41) is 4.96. The second kappa shape index (κ2) is 19.6. The maximum absolute atomic E-state index is 13.5. The monoisotopic (exact) mass is 667 g/mol. The molecule has 0 bridgehead atoms. The van der Waals surface area contributed by atoms with E-state index in [4.69, 9.17) is 46.3 Å². The Morgan fingerprint density at radius 2 is 1.48 bits per heavy atom. The van der Waals surface area contributed by atoms with Crippen LogP contribution in [0.1, 0.15) is 95.0 Å². The summed E-state index contributed by atoms with van der Waals surface area (Å²) < 4.78 is 0. The van der Waals surface area contributed by atoms with Crippen molar-refractivity contribution in [2.45, 2.75) is 91.3 Å². The normalized spacial score (nSPS) is 16.4. The average Bonchev–Trinajstić information content (AvgIpc) is 2.94. The highest BCUT2D eigenvalue weighted by molar-refractivity contribution is 6.35. The van der Waals surface area contributed by atoms with Crippen LogP contribution in [0.25, 0.3) is 0 Å². The van der Waals surface area contributed by atoms with Crippen LogP contribution < -0.4 is 16.8 Å². The molecule has 2 aromatic carbocycles. The van der Waals surface area contributed by atoms with Gasteiger partial charge in [0.05, 0.1) is 0 Å². The fraction of sp³-hybridized carbons (Fsp3) is 0.588. The van der Waals surface area contributed by atoms with E-state index in [9.17, 15) is 9.59 Å². The van der Waals surface area contributed by atoms with Crippen LogP contribution in [0.4, 0.5) is 0 Å². The Labute approximate surface area is 279 Å². The van der Waals surface area contributed by atoms with E-state index in [1.54, 1.807) is 18.2 Å². The molecule has 0 unspecified atom stereocenters. The maximum atomic E-state index is 13.5. The minimum absolute atomic E-state index is 0.0319. The molecule has 10 heteroatoms. The maximum Gasteiger partial charge on any atom is 0.224 e. The fourth-order valence-electron chi connectivity index (χ4n) is 5.17. The molecule has 1 saturated heterocycles. The van der Waals surface area contributed by atoms with Gasteiger partial charge in [-0.1, -0.05) is 87.1 Å². The number of hydrogen-bond acceptors (Lipinski definition) is 5. The number of rotatable bonds is 13. The summed E-state index contributed by atoms with van der Waals surface area (Å²) in [5.41, 5.74) is 15.3. The minimum Gasteiger partial charge on any atom is -0.339 e. The summed E-state index contributed by atoms with van der Waals surface area (Å²) in [6, 6.07) is 9.68. The molecule has 246 valence electrons. The van der Waals surface area contributed by atoms with Crippen LogP contribution in [0.2, 0.25) is 15.1 Å². The van der Waals surface area contributed by atoms with Gasteiger partial charge in [0.15, 0.2) is 0 Å². The van der Waals surface area contributed by atoms with Gasteiger partial charge >= 0.3 is 0 Å². The molecule has 5 N–H and O–H groups in total. The molecule has 0 aliphatic carbocycles. The summed E-state index contributed by atoms with van der Waals surface area (Å²) in [7, 11) is 0. The summed E-state index contributed by atoms with van der Waals surface area (Å²) >= 11 is 18.8. The third-order valence-electron chi connectivity index (χ3n) is 7.43. The fourth-order valence-corrected chi connectivity index (χ4v) is 6.09. The first-order chi connectivity index (χ1) is 20.8. The van der Waals surface area contributed by atoms with E-state index in [1.165, 1.54) is 0 Å². The topological polar surface area (TPSA) is 105 Å². The zero-order valence-electron chi connectivity index (χ0n) is 27.1. The Morgan fingerprint density at radius 3 is 2.07 bits per heavy atom. The lowest BCUT2D eigenvalue weighted by Crippen LogP contribution is -2.57. The van der Waals surface area contributed by atoms with Crippen molar-refractivity contribution in [2.75, 3.05) is 32.7 Å². The van der Waals surface area contributed by atoms with Gasteiger partial charge in [-0.05, 0) is 80.1 Å². The van der Waals surface area contributed by atoms with Crippen molar-refractivity contribution < 1.29 is 9.59 Å². The van der Waals surface area contributed by atoms with Crippen LogP contribution in [-0.4, -0.2) is 60.4 Å². The third-order valence-corrected chi connectivity index (χ3v) is 8.32. The van der Waals surface area contributed by atoms with Gasteiger partial charge in [-0.3, -0.25) is 9.59 Å². The number of carbonyl (C=O) groups excluding carboxylic acids is 2. The molecule has 1 aliphatic rings. The number of benzene rings is 2. The van der Waals surface area contributed by atoms with Crippen LogP contribution >= 0.6 is 34.8 Å². The van der Waals surface area contributed by atoms with Crippen LogP contribution in [0.5, 0.6) is 0 Å². The van der Waals surface area contributed by atoms with Gasteiger partial charge in [-0.15, -0.1) is 0 Å². The SMILES string of the molecule is CC(C)C.CCCNCCCC[C@H]1CN(C(=O)C[C@@H](N)c2ccc(C)cc2Cl)CCN1C(=O)C[C@@H](N)c1ccc(Cl)cc1Cl. The van der Waals surface area contributed by atoms with Crippen LogP contribution in [0.3, 0.4) is 0 Å². The van der Waals surface area contributed by atoms with Gasteiger partial charge in [0.2, 0.25) is 11.8 Å². The van der Waals surface area contributed by atoms with E-state index in [2.05, 4.69) is 33.0 Å². The lowest BCUT2D eigenvalue weighted by atomic mass is 9.99. The minimum atomic E-state index is -0.548. The van der Waals surface area contributed by atoms with Crippen molar-refractivity contribution in [3.05, 3.63) is 68.2 Å². The van der Waals surface area contributed by atoms with Gasteiger partial charge in [0.25, 0.3) is 0 Å². The Kier molecular flexibility index (Phi) is 17.1. The number of aryl methyl sites for hydroxylation is 1. The van der Waals surface area contributed by atoms with Gasteiger partial charge < -0.3 is 26.6 Å². The first-order valence-corrected chi connectivity index (χ1v) is 17.0. The predicted molar refractivity (Wildman–Crippen MR) is 185 cm³/mol. The highest BCUT2D eigenvalue weighted by Crippen LogP contribution is 2.29. The average molecular weight is 669 g/mol. The van der Waals surface area contributed by atoms with Crippen molar-refractivity contribution in [2.24, 2.45) is 17.4 Å². The van der Waals surface area contributed by atoms with Crippen molar-refractivity contribution in [1.82, 2.24) is 15.1 Å². The molecule has 0 spiro atoms. The van der Waals surface area contributed by atoms with E-state index in [0.717, 1.165) is 55.8 Å². The van der Waals surface area contributed by atoms with Crippen molar-refractivity contribution >= 4 is 46.6 Å². The van der Waals surface area contributed by atoms with Crippen molar-refractivity contribution in [3.63, 3.8) is 0 Å². The number of halogens is 3. The van der Waals surface area contributed by atoms with Gasteiger partial charge in [0.1, 0.15) is 0 Å². The molecule has 7 nitrogen and oxygen atoms in total. The Balaban J connectivity index is 0.00000159. The zero-order chi connectivity index (χ0) is 32.8. The number of hydrogen-bond donors (Lipinski definition) is 3. The molecule has 3 rings (SSSR count). The second-order valence-electron chi connectivity index (χ2n) is 12.4. The number of nitrogens with two attached hydrogens (primary N) is 2. The zero-order valence-corrected chi connectivity index (χ0v) is 29.3. The van der Waals surface area contributed by atoms with E-state index in [1.807, 2.05) is 34.9 Å².